The van der Waals surface area contributed by atoms with Gasteiger partial charge in [-0.15, -0.1) is 11.3 Å². The molecule has 0 saturated carbocycles. The summed E-state index contributed by atoms with van der Waals surface area (Å²) in [4.78, 5) is 3.73. The fourth-order valence-electron chi connectivity index (χ4n) is 2.39. The Labute approximate surface area is 127 Å². The molecular weight excluding hydrogens is 289 g/mol. The van der Waals surface area contributed by atoms with E-state index in [9.17, 15) is 4.39 Å². The van der Waals surface area contributed by atoms with Crippen molar-refractivity contribution in [3.63, 3.8) is 0 Å². The molecule has 0 amide bonds. The molecule has 112 valence electrons. The minimum Gasteiger partial charge on any atom is -0.491 e. The zero-order chi connectivity index (χ0) is 14.5. The lowest BCUT2D eigenvalue weighted by Gasteiger charge is -2.32. The first-order valence-electron chi connectivity index (χ1n) is 7.04. The first kappa shape index (κ1) is 14.5. The van der Waals surface area contributed by atoms with Gasteiger partial charge >= 0.3 is 0 Å². The van der Waals surface area contributed by atoms with Gasteiger partial charge in [0.1, 0.15) is 24.3 Å². The molecule has 1 aromatic heterocycles. The molecular formula is C16H18FNO2S. The number of hydrogen-bond acceptors (Lipinski definition) is 4. The Kier molecular flexibility index (Phi) is 4.85. The maximum atomic E-state index is 13.1. The molecule has 1 saturated heterocycles. The molecule has 1 unspecified atom stereocenters. The molecule has 0 aliphatic carbocycles. The van der Waals surface area contributed by atoms with Crippen molar-refractivity contribution >= 4 is 11.3 Å². The van der Waals surface area contributed by atoms with Crippen molar-refractivity contribution in [1.29, 1.82) is 0 Å². The van der Waals surface area contributed by atoms with Crippen LogP contribution in [0.2, 0.25) is 0 Å². The highest BCUT2D eigenvalue weighted by Crippen LogP contribution is 2.16. The number of thiophene rings is 1. The van der Waals surface area contributed by atoms with Crippen LogP contribution in [0, 0.1) is 5.82 Å². The average molecular weight is 307 g/mol. The molecule has 0 spiro atoms. The van der Waals surface area contributed by atoms with Crippen LogP contribution in [0.4, 0.5) is 4.39 Å². The summed E-state index contributed by atoms with van der Waals surface area (Å²) in [6, 6.07) is 10.4. The van der Waals surface area contributed by atoms with Crippen LogP contribution in [0.1, 0.15) is 4.88 Å². The molecule has 21 heavy (non-hydrogen) atoms. The van der Waals surface area contributed by atoms with Crippen LogP contribution in [-0.2, 0) is 11.3 Å². The van der Waals surface area contributed by atoms with Gasteiger partial charge in [0.15, 0.2) is 0 Å². The molecule has 1 aliphatic heterocycles. The van der Waals surface area contributed by atoms with Crippen LogP contribution in [0.3, 0.4) is 0 Å². The molecule has 2 aromatic rings. The van der Waals surface area contributed by atoms with E-state index in [0.717, 1.165) is 19.6 Å². The van der Waals surface area contributed by atoms with E-state index >= 15 is 0 Å². The molecule has 1 aliphatic rings. The summed E-state index contributed by atoms with van der Waals surface area (Å²) in [6.45, 7) is 3.89. The standard InChI is InChI=1S/C16H18FNO2S/c17-13-3-1-4-14(9-13)20-12-15-10-18(6-7-19-15)11-16-5-2-8-21-16/h1-5,8-9,15H,6-7,10-12H2. The minimum atomic E-state index is -0.281. The first-order chi connectivity index (χ1) is 10.3. The van der Waals surface area contributed by atoms with Crippen molar-refractivity contribution in [3.05, 3.63) is 52.5 Å². The van der Waals surface area contributed by atoms with E-state index in [-0.39, 0.29) is 11.9 Å². The van der Waals surface area contributed by atoms with E-state index in [0.29, 0.717) is 19.0 Å². The number of halogens is 1. The van der Waals surface area contributed by atoms with E-state index in [2.05, 4.69) is 22.4 Å². The summed E-state index contributed by atoms with van der Waals surface area (Å²) >= 11 is 1.77. The van der Waals surface area contributed by atoms with Gasteiger partial charge in [-0.2, -0.15) is 0 Å². The lowest BCUT2D eigenvalue weighted by molar-refractivity contribution is -0.0502. The number of benzene rings is 1. The summed E-state index contributed by atoms with van der Waals surface area (Å²) in [5.41, 5.74) is 0. The van der Waals surface area contributed by atoms with Crippen molar-refractivity contribution in [1.82, 2.24) is 4.90 Å². The maximum Gasteiger partial charge on any atom is 0.126 e. The topological polar surface area (TPSA) is 21.7 Å². The smallest absolute Gasteiger partial charge is 0.126 e. The molecule has 0 N–H and O–H groups in total. The van der Waals surface area contributed by atoms with Crippen molar-refractivity contribution in [3.8, 4) is 5.75 Å². The number of nitrogens with zero attached hydrogens (tertiary/aromatic N) is 1. The number of ether oxygens (including phenoxy) is 2. The Balaban J connectivity index is 1.49. The van der Waals surface area contributed by atoms with Gasteiger partial charge in [-0.05, 0) is 23.6 Å². The van der Waals surface area contributed by atoms with Crippen LogP contribution in [0.15, 0.2) is 41.8 Å². The lowest BCUT2D eigenvalue weighted by atomic mass is 10.2. The van der Waals surface area contributed by atoms with Crippen molar-refractivity contribution in [2.24, 2.45) is 0 Å². The molecule has 0 bridgehead atoms. The van der Waals surface area contributed by atoms with Gasteiger partial charge in [-0.3, -0.25) is 4.90 Å². The lowest BCUT2D eigenvalue weighted by Crippen LogP contribution is -2.44. The second kappa shape index (κ2) is 7.02. The fraction of sp³-hybridized carbons (Fsp3) is 0.375. The Bertz CT molecular complexity index is 561. The Morgan fingerprint density at radius 1 is 1.33 bits per heavy atom. The fourth-order valence-corrected chi connectivity index (χ4v) is 3.14. The van der Waals surface area contributed by atoms with Gasteiger partial charge in [-0.1, -0.05) is 12.1 Å². The number of hydrogen-bond donors (Lipinski definition) is 0. The third-order valence-corrected chi connectivity index (χ3v) is 4.28. The van der Waals surface area contributed by atoms with E-state index < -0.39 is 0 Å². The largest absolute Gasteiger partial charge is 0.491 e. The predicted octanol–water partition coefficient (Wildman–Crippen LogP) is 3.17. The molecule has 3 nitrogen and oxygen atoms in total. The summed E-state index contributed by atoms with van der Waals surface area (Å²) in [7, 11) is 0. The molecule has 1 aromatic carbocycles. The molecule has 2 heterocycles. The van der Waals surface area contributed by atoms with Gasteiger partial charge < -0.3 is 9.47 Å². The summed E-state index contributed by atoms with van der Waals surface area (Å²) < 4.78 is 24.4. The second-order valence-electron chi connectivity index (χ2n) is 5.08. The molecule has 3 rings (SSSR count). The third kappa shape index (κ3) is 4.27. The van der Waals surface area contributed by atoms with E-state index in [1.807, 2.05) is 0 Å². The summed E-state index contributed by atoms with van der Waals surface area (Å²) in [6.07, 6.45) is 0.0296. The normalized spacial score (nSPS) is 19.6. The van der Waals surface area contributed by atoms with Crippen LogP contribution in [0.25, 0.3) is 0 Å². The predicted molar refractivity (Wildman–Crippen MR) is 81.2 cm³/mol. The van der Waals surface area contributed by atoms with E-state index in [1.54, 1.807) is 23.5 Å². The number of rotatable bonds is 5. The van der Waals surface area contributed by atoms with Gasteiger partial charge in [0, 0.05) is 30.6 Å². The van der Waals surface area contributed by atoms with Crippen LogP contribution >= 0.6 is 11.3 Å². The zero-order valence-electron chi connectivity index (χ0n) is 11.7. The quantitative estimate of drug-likeness (QED) is 0.847. The van der Waals surface area contributed by atoms with Gasteiger partial charge in [0.05, 0.1) is 6.61 Å². The van der Waals surface area contributed by atoms with Crippen LogP contribution in [-0.4, -0.2) is 37.3 Å². The highest BCUT2D eigenvalue weighted by Gasteiger charge is 2.21. The maximum absolute atomic E-state index is 13.1. The Hall–Kier alpha value is -1.43. The second-order valence-corrected chi connectivity index (χ2v) is 6.11. The van der Waals surface area contributed by atoms with Crippen LogP contribution in [0.5, 0.6) is 5.75 Å². The molecule has 1 atom stereocenters. The van der Waals surface area contributed by atoms with E-state index in [1.165, 1.54) is 17.0 Å². The molecule has 0 radical (unpaired) electrons. The summed E-state index contributed by atoms with van der Waals surface area (Å²) in [5.74, 6) is 0.269. The third-order valence-electron chi connectivity index (χ3n) is 3.41. The average Bonchev–Trinajstić information content (AvgIpc) is 2.99. The highest BCUT2D eigenvalue weighted by atomic mass is 32.1. The van der Waals surface area contributed by atoms with E-state index in [4.69, 9.17) is 9.47 Å². The van der Waals surface area contributed by atoms with Crippen molar-refractivity contribution in [2.45, 2.75) is 12.6 Å². The molecule has 5 heteroatoms. The van der Waals surface area contributed by atoms with Gasteiger partial charge in [-0.25, -0.2) is 4.39 Å². The first-order valence-corrected chi connectivity index (χ1v) is 7.92. The Morgan fingerprint density at radius 3 is 3.10 bits per heavy atom. The Morgan fingerprint density at radius 2 is 2.29 bits per heavy atom. The van der Waals surface area contributed by atoms with Crippen molar-refractivity contribution in [2.75, 3.05) is 26.3 Å². The summed E-state index contributed by atoms with van der Waals surface area (Å²) in [5, 5.41) is 2.10. The zero-order valence-corrected chi connectivity index (χ0v) is 12.5. The molecule has 1 fully saturated rings. The monoisotopic (exact) mass is 307 g/mol. The van der Waals surface area contributed by atoms with Gasteiger partial charge in [0.2, 0.25) is 0 Å². The van der Waals surface area contributed by atoms with Crippen LogP contribution < -0.4 is 4.74 Å². The van der Waals surface area contributed by atoms with Gasteiger partial charge in [0.25, 0.3) is 0 Å². The minimum absolute atomic E-state index is 0.0296. The van der Waals surface area contributed by atoms with Crippen molar-refractivity contribution < 1.29 is 13.9 Å². The highest BCUT2D eigenvalue weighted by molar-refractivity contribution is 7.09. The SMILES string of the molecule is Fc1cccc(OCC2CN(Cc3cccs3)CCO2)c1. The number of morpholine rings is 1.